The molecular weight excluding hydrogens is 180 g/mol. The van der Waals surface area contributed by atoms with Crippen molar-refractivity contribution >= 4 is 15.9 Å². The normalized spacial score (nSPS) is 13.7. The van der Waals surface area contributed by atoms with Crippen molar-refractivity contribution in [1.29, 1.82) is 0 Å². The Hall–Kier alpha value is 0.440. The van der Waals surface area contributed by atoms with Crippen molar-refractivity contribution in [3.63, 3.8) is 0 Å². The predicted molar refractivity (Wildman–Crippen MR) is 42.4 cm³/mol. The van der Waals surface area contributed by atoms with E-state index in [1.807, 2.05) is 0 Å². The molecule has 0 rings (SSSR count). The van der Waals surface area contributed by atoms with Crippen molar-refractivity contribution in [2.45, 2.75) is 37.4 Å². The number of hydrogen-bond donors (Lipinski definition) is 0. The van der Waals surface area contributed by atoms with Crippen molar-refractivity contribution in [2.24, 2.45) is 0 Å². The van der Waals surface area contributed by atoms with E-state index < -0.39 is 0 Å². The van der Waals surface area contributed by atoms with E-state index in [1.165, 1.54) is 19.3 Å². The lowest BCUT2D eigenvalue weighted by atomic mass is 10.2. The molecule has 0 aliphatic carbocycles. The Morgan fingerprint density at radius 1 is 1.44 bits per heavy atom. The smallest absolute Gasteiger partial charge is 0.0947 e. The standard InChI is InChI=1S/C7H14BrO/c1-2-3-4-5-7(8)6-9/h7H,2-6H2,1H3. The first-order valence-electron chi connectivity index (χ1n) is 3.53. The second kappa shape index (κ2) is 6.56. The Morgan fingerprint density at radius 3 is 2.56 bits per heavy atom. The number of rotatable bonds is 5. The van der Waals surface area contributed by atoms with Crippen LogP contribution < -0.4 is 0 Å². The van der Waals surface area contributed by atoms with Gasteiger partial charge in [-0.1, -0.05) is 42.1 Å². The molecule has 1 nitrogen and oxygen atoms in total. The highest BCUT2D eigenvalue weighted by Crippen LogP contribution is 2.09. The fourth-order valence-electron chi connectivity index (χ4n) is 0.699. The van der Waals surface area contributed by atoms with E-state index in [1.54, 1.807) is 0 Å². The van der Waals surface area contributed by atoms with Gasteiger partial charge < -0.3 is 0 Å². The van der Waals surface area contributed by atoms with Crippen molar-refractivity contribution in [2.75, 3.05) is 6.61 Å². The van der Waals surface area contributed by atoms with Gasteiger partial charge in [-0.15, -0.1) is 0 Å². The van der Waals surface area contributed by atoms with Crippen LogP contribution in [0, 0.1) is 0 Å². The summed E-state index contributed by atoms with van der Waals surface area (Å²) in [6.45, 7) is 2.18. The van der Waals surface area contributed by atoms with Crippen molar-refractivity contribution < 1.29 is 5.11 Å². The molecule has 0 aliphatic heterocycles. The predicted octanol–water partition coefficient (Wildman–Crippen LogP) is 2.76. The third-order valence-electron chi connectivity index (χ3n) is 1.30. The quantitative estimate of drug-likeness (QED) is 0.473. The largest absolute Gasteiger partial charge is 0.236 e. The third kappa shape index (κ3) is 6.32. The number of unbranched alkanes of at least 4 members (excludes halogenated alkanes) is 2. The van der Waals surface area contributed by atoms with E-state index in [-0.39, 0.29) is 11.4 Å². The lowest BCUT2D eigenvalue weighted by molar-refractivity contribution is 0.192. The first kappa shape index (κ1) is 9.44. The van der Waals surface area contributed by atoms with Gasteiger partial charge in [-0.05, 0) is 6.42 Å². The lowest BCUT2D eigenvalue weighted by Gasteiger charge is -2.01. The van der Waals surface area contributed by atoms with Gasteiger partial charge in [0.1, 0.15) is 0 Å². The Labute approximate surface area is 65.6 Å². The van der Waals surface area contributed by atoms with Crippen LogP contribution in [0.15, 0.2) is 0 Å². The van der Waals surface area contributed by atoms with Crippen LogP contribution in [0.3, 0.4) is 0 Å². The highest BCUT2D eigenvalue weighted by Gasteiger charge is 2.00. The maximum atomic E-state index is 10.2. The van der Waals surface area contributed by atoms with Crippen LogP contribution in [0.1, 0.15) is 32.6 Å². The summed E-state index contributed by atoms with van der Waals surface area (Å²) in [7, 11) is 0. The second-order valence-corrected chi connectivity index (χ2v) is 3.55. The first-order valence-corrected chi connectivity index (χ1v) is 4.45. The molecule has 1 unspecified atom stereocenters. The first-order chi connectivity index (χ1) is 4.31. The van der Waals surface area contributed by atoms with Crippen LogP contribution in [-0.4, -0.2) is 11.4 Å². The molecule has 55 valence electrons. The van der Waals surface area contributed by atoms with E-state index in [4.69, 9.17) is 0 Å². The van der Waals surface area contributed by atoms with Gasteiger partial charge in [-0.3, -0.25) is 0 Å². The van der Waals surface area contributed by atoms with Crippen LogP contribution in [-0.2, 0) is 5.11 Å². The molecule has 0 fully saturated rings. The molecule has 2 heteroatoms. The van der Waals surface area contributed by atoms with Crippen molar-refractivity contribution in [1.82, 2.24) is 0 Å². The zero-order valence-corrected chi connectivity index (χ0v) is 7.49. The Bertz CT molecular complexity index is 56.9. The molecule has 0 saturated heterocycles. The SMILES string of the molecule is CCCCCC(Br)C[O]. The molecule has 0 aliphatic rings. The zero-order chi connectivity index (χ0) is 7.11. The van der Waals surface area contributed by atoms with Gasteiger partial charge >= 0.3 is 0 Å². The van der Waals surface area contributed by atoms with Crippen LogP contribution in [0.25, 0.3) is 0 Å². The monoisotopic (exact) mass is 193 g/mol. The minimum atomic E-state index is 0.0176. The number of alkyl halides is 1. The van der Waals surface area contributed by atoms with E-state index in [9.17, 15) is 5.11 Å². The fourth-order valence-corrected chi connectivity index (χ4v) is 1.02. The van der Waals surface area contributed by atoms with E-state index >= 15 is 0 Å². The Morgan fingerprint density at radius 2 is 2.11 bits per heavy atom. The summed E-state index contributed by atoms with van der Waals surface area (Å²) in [5.41, 5.74) is 0. The van der Waals surface area contributed by atoms with E-state index in [2.05, 4.69) is 22.9 Å². The lowest BCUT2D eigenvalue weighted by Crippen LogP contribution is -2.01. The topological polar surface area (TPSA) is 19.9 Å². The molecule has 0 bridgehead atoms. The average molecular weight is 194 g/mol. The van der Waals surface area contributed by atoms with Gasteiger partial charge in [-0.2, -0.15) is 0 Å². The molecule has 0 aromatic heterocycles. The van der Waals surface area contributed by atoms with Gasteiger partial charge in [0.15, 0.2) is 0 Å². The van der Waals surface area contributed by atoms with E-state index in [0.717, 1.165) is 6.42 Å². The van der Waals surface area contributed by atoms with Gasteiger partial charge in [0.25, 0.3) is 0 Å². The number of hydrogen-bond acceptors (Lipinski definition) is 0. The number of halogens is 1. The summed E-state index contributed by atoms with van der Waals surface area (Å²) < 4.78 is 0. The van der Waals surface area contributed by atoms with Gasteiger partial charge in [0, 0.05) is 4.83 Å². The highest BCUT2D eigenvalue weighted by atomic mass is 79.9. The highest BCUT2D eigenvalue weighted by molar-refractivity contribution is 9.09. The Balaban J connectivity index is 2.88. The molecule has 1 atom stereocenters. The minimum Gasteiger partial charge on any atom is -0.236 e. The summed E-state index contributed by atoms with van der Waals surface area (Å²) in [4.78, 5) is 0.212. The molecule has 0 spiro atoms. The molecule has 0 heterocycles. The minimum absolute atomic E-state index is 0.0176. The second-order valence-electron chi connectivity index (χ2n) is 2.26. The zero-order valence-electron chi connectivity index (χ0n) is 5.90. The Kier molecular flexibility index (Phi) is 6.88. The summed E-state index contributed by atoms with van der Waals surface area (Å²) in [6.07, 6.45) is 4.71. The molecule has 0 aromatic rings. The summed E-state index contributed by atoms with van der Waals surface area (Å²) >= 11 is 3.29. The fraction of sp³-hybridized carbons (Fsp3) is 1.00. The molecule has 0 aromatic carbocycles. The average Bonchev–Trinajstić information content (AvgIpc) is 1.89. The molecular formula is C7H14BrO. The maximum Gasteiger partial charge on any atom is 0.0947 e. The third-order valence-corrected chi connectivity index (χ3v) is 2.02. The molecule has 0 saturated carbocycles. The van der Waals surface area contributed by atoms with Crippen LogP contribution in [0.2, 0.25) is 0 Å². The van der Waals surface area contributed by atoms with Gasteiger partial charge in [0.05, 0.1) is 6.61 Å². The summed E-state index contributed by atoms with van der Waals surface area (Å²) in [5.74, 6) is 0. The molecule has 9 heavy (non-hydrogen) atoms. The van der Waals surface area contributed by atoms with E-state index in [0.29, 0.717) is 0 Å². The maximum absolute atomic E-state index is 10.2. The van der Waals surface area contributed by atoms with Crippen LogP contribution in [0.4, 0.5) is 0 Å². The molecule has 0 N–H and O–H groups in total. The van der Waals surface area contributed by atoms with Crippen molar-refractivity contribution in [3.8, 4) is 0 Å². The van der Waals surface area contributed by atoms with Crippen LogP contribution >= 0.6 is 15.9 Å². The van der Waals surface area contributed by atoms with Crippen molar-refractivity contribution in [3.05, 3.63) is 0 Å². The molecule has 0 amide bonds. The van der Waals surface area contributed by atoms with Crippen LogP contribution in [0.5, 0.6) is 0 Å². The molecule has 1 radical (unpaired) electrons. The van der Waals surface area contributed by atoms with Gasteiger partial charge in [0.2, 0.25) is 0 Å². The summed E-state index contributed by atoms with van der Waals surface area (Å²) in [5, 5.41) is 10.2. The summed E-state index contributed by atoms with van der Waals surface area (Å²) in [6, 6.07) is 0. The van der Waals surface area contributed by atoms with Gasteiger partial charge in [-0.25, -0.2) is 5.11 Å².